The molecule has 1 aliphatic heterocycles. The number of aliphatic hydroxyl groups is 1. The largest absolute Gasteiger partial charge is 0.476 e. The molecule has 2 aromatic heterocycles. The molecule has 2 aliphatic rings. The van der Waals surface area contributed by atoms with Crippen molar-refractivity contribution in [1.29, 1.82) is 5.26 Å². The fourth-order valence-electron chi connectivity index (χ4n) is 4.44. The summed E-state index contributed by atoms with van der Waals surface area (Å²) in [7, 11) is 2.10. The SMILES string of the molecule is CN1CCC[C@H]1COc1cccc(/C(N)=N/C(O)C2CCCc3sc(N)c(C#N)c32)n1. The van der Waals surface area contributed by atoms with E-state index in [1.54, 1.807) is 12.1 Å². The van der Waals surface area contributed by atoms with Crippen molar-refractivity contribution < 1.29 is 9.84 Å². The number of nitriles is 1. The predicted molar refractivity (Wildman–Crippen MR) is 121 cm³/mol. The van der Waals surface area contributed by atoms with Gasteiger partial charge in [0.1, 0.15) is 29.2 Å². The molecular weight excluding hydrogens is 412 g/mol. The fourth-order valence-corrected chi connectivity index (χ4v) is 5.57. The number of fused-ring (bicyclic) bond motifs is 1. The summed E-state index contributed by atoms with van der Waals surface area (Å²) in [6.07, 6.45) is 3.73. The van der Waals surface area contributed by atoms with Gasteiger partial charge in [-0.05, 0) is 57.3 Å². The molecule has 0 aromatic carbocycles. The highest BCUT2D eigenvalue weighted by molar-refractivity contribution is 7.16. The number of likely N-dealkylation sites (tertiary alicyclic amines) is 1. The van der Waals surface area contributed by atoms with Crippen LogP contribution in [0.15, 0.2) is 23.2 Å². The number of aromatic nitrogens is 1. The van der Waals surface area contributed by atoms with Crippen molar-refractivity contribution >= 4 is 22.2 Å². The number of aryl methyl sites for hydroxylation is 1. The van der Waals surface area contributed by atoms with Crippen molar-refractivity contribution in [2.24, 2.45) is 10.7 Å². The molecule has 2 aromatic rings. The number of amidine groups is 1. The minimum absolute atomic E-state index is 0.143. The minimum Gasteiger partial charge on any atom is -0.476 e. The number of nitrogen functional groups attached to an aromatic ring is 1. The fraction of sp³-hybridized carbons (Fsp3) is 0.500. The number of hydrogen-bond acceptors (Lipinski definition) is 8. The average Bonchev–Trinajstić information content (AvgIpc) is 3.33. The summed E-state index contributed by atoms with van der Waals surface area (Å²) in [5, 5.41) is 20.9. The Morgan fingerprint density at radius 1 is 1.45 bits per heavy atom. The van der Waals surface area contributed by atoms with Crippen LogP contribution in [-0.4, -0.2) is 53.3 Å². The van der Waals surface area contributed by atoms with Crippen LogP contribution in [0.25, 0.3) is 0 Å². The molecule has 0 radical (unpaired) electrons. The Bertz CT molecular complexity index is 1010. The number of anilines is 1. The lowest BCUT2D eigenvalue weighted by molar-refractivity contribution is 0.144. The molecule has 0 amide bonds. The minimum atomic E-state index is -1.07. The maximum atomic E-state index is 10.8. The molecule has 0 saturated carbocycles. The number of aliphatic hydroxyl groups excluding tert-OH is 1. The van der Waals surface area contributed by atoms with E-state index in [-0.39, 0.29) is 11.8 Å². The van der Waals surface area contributed by atoms with Gasteiger partial charge in [0.15, 0.2) is 6.23 Å². The maximum Gasteiger partial charge on any atom is 0.213 e. The number of aliphatic imine (C=N–C) groups is 1. The Kier molecular flexibility index (Phi) is 6.41. The number of ether oxygens (including phenoxy) is 1. The van der Waals surface area contributed by atoms with Crippen LogP contribution in [-0.2, 0) is 6.42 Å². The van der Waals surface area contributed by atoms with E-state index in [0.717, 1.165) is 42.7 Å². The van der Waals surface area contributed by atoms with Gasteiger partial charge in [0.25, 0.3) is 0 Å². The summed E-state index contributed by atoms with van der Waals surface area (Å²) in [6.45, 7) is 1.67. The maximum absolute atomic E-state index is 10.8. The summed E-state index contributed by atoms with van der Waals surface area (Å²) in [5.41, 5.74) is 13.9. The molecule has 1 fully saturated rings. The number of hydrogen-bond donors (Lipinski definition) is 3. The van der Waals surface area contributed by atoms with Gasteiger partial charge in [-0.15, -0.1) is 11.3 Å². The quantitative estimate of drug-likeness (QED) is 0.463. The summed E-state index contributed by atoms with van der Waals surface area (Å²) in [5.74, 6) is 0.329. The second-order valence-electron chi connectivity index (χ2n) is 8.17. The lowest BCUT2D eigenvalue weighted by Gasteiger charge is -2.25. The molecular formula is C22H28N6O2S. The van der Waals surface area contributed by atoms with Crippen molar-refractivity contribution in [3.8, 4) is 11.9 Å². The molecule has 1 aliphatic carbocycles. The number of pyridine rings is 1. The van der Waals surface area contributed by atoms with Crippen LogP contribution in [0.1, 0.15) is 53.3 Å². The van der Waals surface area contributed by atoms with Gasteiger partial charge in [0, 0.05) is 22.9 Å². The zero-order valence-electron chi connectivity index (χ0n) is 17.6. The van der Waals surface area contributed by atoms with Crippen LogP contribution in [0, 0.1) is 11.3 Å². The zero-order chi connectivity index (χ0) is 22.0. The van der Waals surface area contributed by atoms with Crippen molar-refractivity contribution in [3.63, 3.8) is 0 Å². The lowest BCUT2D eigenvalue weighted by atomic mass is 9.84. The van der Waals surface area contributed by atoms with E-state index in [1.165, 1.54) is 17.8 Å². The van der Waals surface area contributed by atoms with E-state index in [2.05, 4.69) is 28.0 Å². The van der Waals surface area contributed by atoms with Crippen LogP contribution < -0.4 is 16.2 Å². The van der Waals surface area contributed by atoms with E-state index in [0.29, 0.717) is 34.8 Å². The molecule has 4 rings (SSSR count). The number of thiophene rings is 1. The second kappa shape index (κ2) is 9.22. The normalized spacial score (nSPS) is 22.7. The molecule has 31 heavy (non-hydrogen) atoms. The Morgan fingerprint density at radius 2 is 2.29 bits per heavy atom. The van der Waals surface area contributed by atoms with E-state index in [1.807, 2.05) is 6.07 Å². The number of nitrogens with two attached hydrogens (primary N) is 2. The number of likely N-dealkylation sites (N-methyl/N-ethyl adjacent to an activating group) is 1. The van der Waals surface area contributed by atoms with Gasteiger partial charge in [-0.3, -0.25) is 0 Å². The highest BCUT2D eigenvalue weighted by atomic mass is 32.1. The van der Waals surface area contributed by atoms with E-state index < -0.39 is 6.23 Å². The van der Waals surface area contributed by atoms with Crippen LogP contribution in [0.5, 0.6) is 5.88 Å². The predicted octanol–water partition coefficient (Wildman–Crippen LogP) is 2.21. The molecule has 3 heterocycles. The van der Waals surface area contributed by atoms with Crippen molar-refractivity contribution in [2.75, 3.05) is 25.9 Å². The van der Waals surface area contributed by atoms with Gasteiger partial charge in [-0.1, -0.05) is 6.07 Å². The van der Waals surface area contributed by atoms with Crippen molar-refractivity contribution in [3.05, 3.63) is 39.9 Å². The van der Waals surface area contributed by atoms with Crippen LogP contribution in [0.2, 0.25) is 0 Å². The Hall–Kier alpha value is -2.67. The lowest BCUT2D eigenvalue weighted by Crippen LogP contribution is -2.30. The monoisotopic (exact) mass is 440 g/mol. The van der Waals surface area contributed by atoms with Crippen LogP contribution in [0.4, 0.5) is 5.00 Å². The third-order valence-corrected chi connectivity index (χ3v) is 7.26. The smallest absolute Gasteiger partial charge is 0.213 e. The highest BCUT2D eigenvalue weighted by Crippen LogP contribution is 2.43. The van der Waals surface area contributed by atoms with Gasteiger partial charge in [-0.25, -0.2) is 9.98 Å². The third-order valence-electron chi connectivity index (χ3n) is 6.16. The summed E-state index contributed by atoms with van der Waals surface area (Å²) >= 11 is 1.43. The Labute approximate surface area is 186 Å². The van der Waals surface area contributed by atoms with Crippen molar-refractivity contribution in [1.82, 2.24) is 9.88 Å². The van der Waals surface area contributed by atoms with Crippen LogP contribution in [0.3, 0.4) is 0 Å². The first kappa shape index (κ1) is 21.6. The molecule has 9 heteroatoms. The van der Waals surface area contributed by atoms with E-state index >= 15 is 0 Å². The Morgan fingerprint density at radius 3 is 3.03 bits per heavy atom. The first-order chi connectivity index (χ1) is 15.0. The van der Waals surface area contributed by atoms with Gasteiger partial charge in [0.2, 0.25) is 5.88 Å². The zero-order valence-corrected chi connectivity index (χ0v) is 18.4. The standard InChI is InChI=1S/C22H28N6O2S/c1-28-10-4-5-13(28)12-30-18-9-3-7-16(26-18)20(24)27-22(29)14-6-2-8-17-19(14)15(11-23)21(25)31-17/h3,7,9,13-14,22,29H,2,4-6,8,10,12,25H2,1H3,(H2,24,27)/t13-,14?,22?/m0/s1. The summed E-state index contributed by atoms with van der Waals surface area (Å²) in [6, 6.07) is 7.93. The summed E-state index contributed by atoms with van der Waals surface area (Å²) < 4.78 is 5.88. The molecule has 0 bridgehead atoms. The van der Waals surface area contributed by atoms with E-state index in [4.69, 9.17) is 16.2 Å². The first-order valence-electron chi connectivity index (χ1n) is 10.6. The molecule has 8 nitrogen and oxygen atoms in total. The number of nitrogens with zero attached hydrogens (tertiary/aromatic N) is 4. The van der Waals surface area contributed by atoms with Gasteiger partial charge in [0.05, 0.1) is 5.56 Å². The molecule has 1 saturated heterocycles. The molecule has 2 unspecified atom stereocenters. The van der Waals surface area contributed by atoms with Gasteiger partial charge < -0.3 is 26.2 Å². The average molecular weight is 441 g/mol. The highest BCUT2D eigenvalue weighted by Gasteiger charge is 2.32. The molecule has 164 valence electrons. The second-order valence-corrected chi connectivity index (χ2v) is 9.30. The van der Waals surface area contributed by atoms with Gasteiger partial charge in [-0.2, -0.15) is 5.26 Å². The Balaban J connectivity index is 1.49. The third kappa shape index (κ3) is 4.51. The number of rotatable bonds is 6. The van der Waals surface area contributed by atoms with E-state index in [9.17, 15) is 10.4 Å². The summed E-state index contributed by atoms with van der Waals surface area (Å²) in [4.78, 5) is 12.1. The van der Waals surface area contributed by atoms with Crippen LogP contribution >= 0.6 is 11.3 Å². The topological polar surface area (TPSA) is 134 Å². The molecule has 3 atom stereocenters. The van der Waals surface area contributed by atoms with Gasteiger partial charge >= 0.3 is 0 Å². The molecule has 0 spiro atoms. The first-order valence-corrected chi connectivity index (χ1v) is 11.4. The molecule has 5 N–H and O–H groups in total. The van der Waals surface area contributed by atoms with Crippen molar-refractivity contribution in [2.45, 2.75) is 50.3 Å².